The molecule has 0 saturated carbocycles. The summed E-state index contributed by atoms with van der Waals surface area (Å²) in [5.74, 6) is 1.86. The van der Waals surface area contributed by atoms with Gasteiger partial charge in [-0.2, -0.15) is 0 Å². The third kappa shape index (κ3) is 3.76. The third-order valence-electron chi connectivity index (χ3n) is 2.55. The molecule has 1 heteroatoms. The zero-order chi connectivity index (χ0) is 8.10. The van der Waals surface area contributed by atoms with E-state index in [0.717, 1.165) is 11.8 Å². The van der Waals surface area contributed by atoms with E-state index in [1.54, 1.807) is 0 Å². The Labute approximate surface area is 70.6 Å². The molecule has 1 N–H and O–H groups in total. The highest BCUT2D eigenvalue weighted by atomic mass is 14.9. The Morgan fingerprint density at radius 1 is 1.45 bits per heavy atom. The van der Waals surface area contributed by atoms with Crippen molar-refractivity contribution in [2.75, 3.05) is 13.1 Å². The summed E-state index contributed by atoms with van der Waals surface area (Å²) < 4.78 is 0. The Kier molecular flexibility index (Phi) is 3.92. The second-order valence-electron chi connectivity index (χ2n) is 4.18. The van der Waals surface area contributed by atoms with Crippen molar-refractivity contribution in [2.24, 2.45) is 11.8 Å². The van der Waals surface area contributed by atoms with Gasteiger partial charge in [-0.15, -0.1) is 0 Å². The number of hydrogen-bond donors (Lipinski definition) is 1. The summed E-state index contributed by atoms with van der Waals surface area (Å²) in [4.78, 5) is 0. The van der Waals surface area contributed by atoms with E-state index in [1.807, 2.05) is 0 Å². The Bertz CT molecular complexity index is 93.0. The summed E-state index contributed by atoms with van der Waals surface area (Å²) in [5.41, 5.74) is 0. The lowest BCUT2D eigenvalue weighted by atomic mass is 9.92. The van der Waals surface area contributed by atoms with Crippen molar-refractivity contribution < 1.29 is 0 Å². The van der Waals surface area contributed by atoms with E-state index in [4.69, 9.17) is 0 Å². The average molecular weight is 155 g/mol. The summed E-state index contributed by atoms with van der Waals surface area (Å²) in [6.45, 7) is 7.15. The maximum atomic E-state index is 3.46. The van der Waals surface area contributed by atoms with E-state index in [0.29, 0.717) is 0 Å². The quantitative estimate of drug-likeness (QED) is 0.660. The van der Waals surface area contributed by atoms with Crippen molar-refractivity contribution in [3.05, 3.63) is 0 Å². The molecule has 11 heavy (non-hydrogen) atoms. The molecule has 0 aliphatic carbocycles. The maximum absolute atomic E-state index is 3.46. The van der Waals surface area contributed by atoms with Gasteiger partial charge in [0.05, 0.1) is 0 Å². The highest BCUT2D eigenvalue weighted by molar-refractivity contribution is 4.69. The fraction of sp³-hybridized carbons (Fsp3) is 1.00. The molecule has 0 spiro atoms. The van der Waals surface area contributed by atoms with Crippen LogP contribution in [0.15, 0.2) is 0 Å². The molecule has 0 bridgehead atoms. The van der Waals surface area contributed by atoms with Gasteiger partial charge in [-0.25, -0.2) is 0 Å². The minimum Gasteiger partial charge on any atom is -0.316 e. The van der Waals surface area contributed by atoms with Crippen LogP contribution in [0.4, 0.5) is 0 Å². The Balaban J connectivity index is 2.05. The molecule has 1 fully saturated rings. The molecule has 1 saturated heterocycles. The lowest BCUT2D eigenvalue weighted by molar-refractivity contribution is 0.334. The van der Waals surface area contributed by atoms with Crippen LogP contribution in [0.25, 0.3) is 0 Å². The van der Waals surface area contributed by atoms with Crippen molar-refractivity contribution in [3.63, 3.8) is 0 Å². The molecule has 0 radical (unpaired) electrons. The molecule has 1 nitrogen and oxygen atoms in total. The summed E-state index contributed by atoms with van der Waals surface area (Å²) in [5, 5.41) is 3.46. The van der Waals surface area contributed by atoms with Crippen molar-refractivity contribution in [1.82, 2.24) is 5.32 Å². The Morgan fingerprint density at radius 3 is 2.82 bits per heavy atom. The van der Waals surface area contributed by atoms with Crippen LogP contribution in [0.3, 0.4) is 0 Å². The van der Waals surface area contributed by atoms with Gasteiger partial charge in [0.15, 0.2) is 0 Å². The van der Waals surface area contributed by atoms with E-state index in [-0.39, 0.29) is 0 Å². The largest absolute Gasteiger partial charge is 0.316 e. The first-order chi connectivity index (χ1) is 5.29. The molecule has 1 atom stereocenters. The number of piperidine rings is 1. The monoisotopic (exact) mass is 155 g/mol. The molecule has 0 amide bonds. The Morgan fingerprint density at radius 2 is 2.27 bits per heavy atom. The first-order valence-electron chi connectivity index (χ1n) is 4.99. The molecule has 66 valence electrons. The van der Waals surface area contributed by atoms with E-state index >= 15 is 0 Å². The second-order valence-corrected chi connectivity index (χ2v) is 4.18. The summed E-state index contributed by atoms with van der Waals surface area (Å²) in [6, 6.07) is 0. The van der Waals surface area contributed by atoms with Gasteiger partial charge < -0.3 is 5.32 Å². The van der Waals surface area contributed by atoms with Crippen LogP contribution in [0, 0.1) is 11.8 Å². The van der Waals surface area contributed by atoms with Crippen LogP contribution in [-0.2, 0) is 0 Å². The predicted octanol–water partition coefficient (Wildman–Crippen LogP) is 2.42. The van der Waals surface area contributed by atoms with E-state index in [9.17, 15) is 0 Å². The van der Waals surface area contributed by atoms with Gasteiger partial charge >= 0.3 is 0 Å². The van der Waals surface area contributed by atoms with Gasteiger partial charge in [0.25, 0.3) is 0 Å². The van der Waals surface area contributed by atoms with Crippen LogP contribution >= 0.6 is 0 Å². The van der Waals surface area contributed by atoms with Gasteiger partial charge in [-0.1, -0.05) is 20.3 Å². The van der Waals surface area contributed by atoms with Gasteiger partial charge in [0.1, 0.15) is 0 Å². The summed E-state index contributed by atoms with van der Waals surface area (Å²) in [6.07, 6.45) is 5.69. The number of hydrogen-bond acceptors (Lipinski definition) is 1. The van der Waals surface area contributed by atoms with Gasteiger partial charge in [0.2, 0.25) is 0 Å². The molecular weight excluding hydrogens is 134 g/mol. The maximum Gasteiger partial charge on any atom is -0.00205 e. The number of nitrogens with one attached hydrogen (secondary N) is 1. The van der Waals surface area contributed by atoms with Crippen LogP contribution < -0.4 is 5.32 Å². The van der Waals surface area contributed by atoms with E-state index < -0.39 is 0 Å². The lowest BCUT2D eigenvalue weighted by Gasteiger charge is -2.23. The number of rotatable bonds is 3. The molecule has 1 rings (SSSR count). The Hall–Kier alpha value is -0.0400. The van der Waals surface area contributed by atoms with E-state index in [1.165, 1.54) is 38.8 Å². The fourth-order valence-corrected chi connectivity index (χ4v) is 1.74. The van der Waals surface area contributed by atoms with E-state index in [2.05, 4.69) is 19.2 Å². The first kappa shape index (κ1) is 9.05. The predicted molar refractivity (Wildman–Crippen MR) is 49.7 cm³/mol. The molecule has 0 aromatic carbocycles. The van der Waals surface area contributed by atoms with Crippen LogP contribution in [-0.4, -0.2) is 13.1 Å². The van der Waals surface area contributed by atoms with Gasteiger partial charge in [0, 0.05) is 0 Å². The van der Waals surface area contributed by atoms with Gasteiger partial charge in [-0.05, 0) is 44.2 Å². The zero-order valence-electron chi connectivity index (χ0n) is 7.90. The molecule has 1 heterocycles. The molecule has 1 aliphatic rings. The first-order valence-corrected chi connectivity index (χ1v) is 4.99. The van der Waals surface area contributed by atoms with Crippen molar-refractivity contribution in [2.45, 2.75) is 39.5 Å². The van der Waals surface area contributed by atoms with Crippen molar-refractivity contribution in [3.8, 4) is 0 Å². The van der Waals surface area contributed by atoms with Crippen LogP contribution in [0.1, 0.15) is 39.5 Å². The normalized spacial score (nSPS) is 25.9. The lowest BCUT2D eigenvalue weighted by Crippen LogP contribution is -2.29. The average Bonchev–Trinajstić information content (AvgIpc) is 2.03. The molecule has 1 unspecified atom stereocenters. The van der Waals surface area contributed by atoms with Crippen LogP contribution in [0.2, 0.25) is 0 Å². The second kappa shape index (κ2) is 4.76. The topological polar surface area (TPSA) is 12.0 Å². The smallest absolute Gasteiger partial charge is 0.00205 e. The standard InChI is InChI=1S/C10H21N/c1-9(2)5-6-10-4-3-7-11-8-10/h9-11H,3-8H2,1-2H3. The summed E-state index contributed by atoms with van der Waals surface area (Å²) in [7, 11) is 0. The van der Waals surface area contributed by atoms with Gasteiger partial charge in [-0.3, -0.25) is 0 Å². The fourth-order valence-electron chi connectivity index (χ4n) is 1.74. The summed E-state index contributed by atoms with van der Waals surface area (Å²) >= 11 is 0. The molecular formula is C10H21N. The highest BCUT2D eigenvalue weighted by Crippen LogP contribution is 2.18. The van der Waals surface area contributed by atoms with Crippen molar-refractivity contribution in [1.29, 1.82) is 0 Å². The molecule has 0 aromatic heterocycles. The van der Waals surface area contributed by atoms with Crippen molar-refractivity contribution >= 4 is 0 Å². The zero-order valence-corrected chi connectivity index (χ0v) is 7.90. The molecule has 0 aromatic rings. The minimum absolute atomic E-state index is 0.886. The van der Waals surface area contributed by atoms with Crippen LogP contribution in [0.5, 0.6) is 0 Å². The third-order valence-corrected chi connectivity index (χ3v) is 2.55. The SMILES string of the molecule is CC(C)CCC1CCCNC1. The highest BCUT2D eigenvalue weighted by Gasteiger charge is 2.12. The minimum atomic E-state index is 0.886. The molecule has 1 aliphatic heterocycles.